The van der Waals surface area contributed by atoms with Crippen LogP contribution in [0, 0.1) is 0 Å². The molecule has 0 spiro atoms. The van der Waals surface area contributed by atoms with E-state index in [0.29, 0.717) is 5.56 Å². The summed E-state index contributed by atoms with van der Waals surface area (Å²) in [7, 11) is 0. The highest BCUT2D eigenvalue weighted by atomic mass is 35.5. The molecule has 1 aliphatic carbocycles. The van der Waals surface area contributed by atoms with Crippen LogP contribution < -0.4 is 0 Å². The van der Waals surface area contributed by atoms with E-state index < -0.39 is 0 Å². The number of benzene rings is 3. The first-order chi connectivity index (χ1) is 11.8. The minimum absolute atomic E-state index is 0.0997. The first-order valence-electron chi connectivity index (χ1n) is 7.71. The zero-order valence-electron chi connectivity index (χ0n) is 12.8. The third-order valence-corrected chi connectivity index (χ3v) is 4.42. The van der Waals surface area contributed by atoms with E-state index in [1.54, 1.807) is 12.1 Å². The van der Waals surface area contributed by atoms with E-state index >= 15 is 0 Å². The Morgan fingerprint density at radius 3 is 1.67 bits per heavy atom. The van der Waals surface area contributed by atoms with Gasteiger partial charge >= 0.3 is 0 Å². The quantitative estimate of drug-likeness (QED) is 0.262. The summed E-state index contributed by atoms with van der Waals surface area (Å²) in [5, 5.41) is 0.0997. The van der Waals surface area contributed by atoms with Crippen LogP contribution in [0.25, 0.3) is 16.7 Å². The highest BCUT2D eigenvalue weighted by molar-refractivity contribution is 6.45. The van der Waals surface area contributed by atoms with Gasteiger partial charge in [-0.2, -0.15) is 0 Å². The third-order valence-electron chi connectivity index (χ3n) is 4.15. The van der Waals surface area contributed by atoms with Crippen LogP contribution in [0.5, 0.6) is 0 Å². The Balaban J connectivity index is 1.92. The van der Waals surface area contributed by atoms with E-state index in [-0.39, 0.29) is 10.8 Å². The number of carbonyl (C=O) groups excluding carboxylic acids is 1. The van der Waals surface area contributed by atoms with Crippen molar-refractivity contribution in [2.45, 2.75) is 0 Å². The van der Waals surface area contributed by atoms with Gasteiger partial charge in [-0.1, -0.05) is 96.2 Å². The molecule has 0 atom stereocenters. The van der Waals surface area contributed by atoms with Crippen LogP contribution in [0.1, 0.15) is 21.5 Å². The van der Waals surface area contributed by atoms with E-state index in [0.717, 1.165) is 27.8 Å². The molecule has 0 bridgehead atoms. The molecule has 1 nitrogen and oxygen atoms in total. The molecule has 3 aromatic carbocycles. The number of halogens is 1. The third kappa shape index (κ3) is 2.41. The normalized spacial score (nSPS) is 11.5. The minimum atomic E-state index is -0.216. The molecule has 114 valence electrons. The molecule has 0 unspecified atom stereocenters. The number of carbonyl (C=O) groups is 1. The van der Waals surface area contributed by atoms with Gasteiger partial charge in [0.05, 0.1) is 0 Å². The van der Waals surface area contributed by atoms with Crippen molar-refractivity contribution in [1.82, 2.24) is 0 Å². The summed E-state index contributed by atoms with van der Waals surface area (Å²) in [5.74, 6) is -0.216. The predicted octanol–water partition coefficient (Wildman–Crippen LogP) is 5.70. The maximum absolute atomic E-state index is 12.5. The molecule has 0 saturated heterocycles. The average Bonchev–Trinajstić information content (AvgIpc) is 2.96. The highest BCUT2D eigenvalue weighted by Crippen LogP contribution is 2.43. The second kappa shape index (κ2) is 5.98. The lowest BCUT2D eigenvalue weighted by molar-refractivity contribution is 0.104. The second-order valence-electron chi connectivity index (χ2n) is 5.60. The molecule has 0 saturated carbocycles. The Kier molecular flexibility index (Phi) is 3.66. The van der Waals surface area contributed by atoms with Crippen molar-refractivity contribution in [3.05, 3.63) is 106 Å². The van der Waals surface area contributed by atoms with Crippen LogP contribution in [-0.2, 0) is 0 Å². The van der Waals surface area contributed by atoms with Gasteiger partial charge in [0.1, 0.15) is 5.03 Å². The van der Waals surface area contributed by atoms with Gasteiger partial charge in [-0.25, -0.2) is 0 Å². The van der Waals surface area contributed by atoms with Crippen molar-refractivity contribution >= 4 is 23.0 Å². The van der Waals surface area contributed by atoms with E-state index in [1.165, 1.54) is 0 Å². The zero-order chi connectivity index (χ0) is 16.5. The van der Waals surface area contributed by atoms with E-state index in [1.807, 2.05) is 54.6 Å². The highest BCUT2D eigenvalue weighted by Gasteiger charge is 2.23. The van der Waals surface area contributed by atoms with Gasteiger partial charge in [0, 0.05) is 11.1 Å². The Morgan fingerprint density at radius 1 is 0.667 bits per heavy atom. The first-order valence-corrected chi connectivity index (χ1v) is 8.09. The summed E-state index contributed by atoms with van der Waals surface area (Å²) in [6.07, 6.45) is 0. The maximum atomic E-state index is 12.5. The number of fused-ring (bicyclic) bond motifs is 3. The Hall–Kier alpha value is -2.86. The molecule has 4 rings (SSSR count). The molecule has 0 N–H and O–H groups in total. The van der Waals surface area contributed by atoms with Gasteiger partial charge in [0.25, 0.3) is 0 Å². The Labute approximate surface area is 145 Å². The summed E-state index contributed by atoms with van der Waals surface area (Å²) in [6, 6.07) is 25.3. The topological polar surface area (TPSA) is 17.1 Å². The number of Topliss-reactive ketones (excluding diaryl/α,β-unsaturated/α-hetero) is 1. The number of rotatable bonds is 2. The van der Waals surface area contributed by atoms with Crippen molar-refractivity contribution in [1.29, 1.82) is 0 Å². The second-order valence-corrected chi connectivity index (χ2v) is 5.98. The van der Waals surface area contributed by atoms with Crippen molar-refractivity contribution in [2.24, 2.45) is 0 Å². The predicted molar refractivity (Wildman–Crippen MR) is 98.0 cm³/mol. The molecule has 0 amide bonds. The van der Waals surface area contributed by atoms with Crippen LogP contribution in [0.3, 0.4) is 0 Å². The zero-order valence-corrected chi connectivity index (χ0v) is 13.5. The molecule has 24 heavy (non-hydrogen) atoms. The van der Waals surface area contributed by atoms with Gasteiger partial charge in [0.15, 0.2) is 0 Å². The molecular weight excluding hydrogens is 316 g/mol. The molecule has 0 aromatic heterocycles. The molecule has 0 fully saturated rings. The fraction of sp³-hybridized carbons (Fsp3) is 0. The summed E-state index contributed by atoms with van der Waals surface area (Å²) < 4.78 is 0. The smallest absolute Gasteiger partial charge is 0.212 e. The fourth-order valence-corrected chi connectivity index (χ4v) is 3.24. The summed E-state index contributed by atoms with van der Waals surface area (Å²) in [4.78, 5) is 12.5. The minimum Gasteiger partial charge on any atom is -0.287 e. The van der Waals surface area contributed by atoms with Crippen molar-refractivity contribution < 1.29 is 4.79 Å². The summed E-state index contributed by atoms with van der Waals surface area (Å²) in [5.41, 5.74) is 8.97. The maximum Gasteiger partial charge on any atom is 0.212 e. The van der Waals surface area contributed by atoms with Crippen molar-refractivity contribution in [3.63, 3.8) is 0 Å². The lowest BCUT2D eigenvalue weighted by Gasteiger charge is -2.00. The van der Waals surface area contributed by atoms with Gasteiger partial charge in [-0.3, -0.25) is 4.79 Å². The number of hydrogen-bond acceptors (Lipinski definition) is 1. The van der Waals surface area contributed by atoms with E-state index in [4.69, 9.17) is 11.6 Å². The molecule has 0 heterocycles. The number of hydrogen-bond donors (Lipinski definition) is 0. The standard InChI is InChI=1S/C22H13ClO/c23-21(22(24)15-8-2-1-3-9-15)14-20-18-12-6-4-10-16(18)17-11-5-7-13-19(17)20/h1-13H. The first kappa shape index (κ1) is 14.7. The fourth-order valence-electron chi connectivity index (χ4n) is 3.03. The summed E-state index contributed by atoms with van der Waals surface area (Å²) >= 11 is 6.31. The Morgan fingerprint density at radius 2 is 1.12 bits per heavy atom. The molecule has 0 radical (unpaired) electrons. The largest absolute Gasteiger partial charge is 0.287 e. The van der Waals surface area contributed by atoms with Gasteiger partial charge in [-0.05, 0) is 22.3 Å². The number of ketones is 1. The van der Waals surface area contributed by atoms with Crippen LogP contribution >= 0.6 is 11.6 Å². The van der Waals surface area contributed by atoms with Crippen molar-refractivity contribution in [3.8, 4) is 11.1 Å². The molecule has 1 aliphatic rings. The Bertz CT molecular complexity index is 961. The lowest BCUT2D eigenvalue weighted by atomic mass is 10.0. The molecule has 3 aromatic rings. The van der Waals surface area contributed by atoms with Gasteiger partial charge < -0.3 is 0 Å². The average molecular weight is 329 g/mol. The summed E-state index contributed by atoms with van der Waals surface area (Å²) in [6.45, 7) is 0. The number of allylic oxidation sites excluding steroid dienone is 1. The SMILES string of the molecule is O=C(C(Cl)=C=C1c2ccccc2-c2ccccc21)c1ccccc1. The van der Waals surface area contributed by atoms with E-state index in [9.17, 15) is 4.79 Å². The lowest BCUT2D eigenvalue weighted by Crippen LogP contribution is -1.97. The van der Waals surface area contributed by atoms with Crippen LogP contribution in [0.4, 0.5) is 0 Å². The molecular formula is C22H13ClO. The van der Waals surface area contributed by atoms with Crippen LogP contribution in [-0.4, -0.2) is 5.78 Å². The van der Waals surface area contributed by atoms with Gasteiger partial charge in [0.2, 0.25) is 5.78 Å². The molecule has 0 aliphatic heterocycles. The van der Waals surface area contributed by atoms with Crippen LogP contribution in [0.15, 0.2) is 89.6 Å². The monoisotopic (exact) mass is 328 g/mol. The van der Waals surface area contributed by atoms with E-state index in [2.05, 4.69) is 17.9 Å². The van der Waals surface area contributed by atoms with Gasteiger partial charge in [-0.15, -0.1) is 0 Å². The molecule has 2 heteroatoms. The van der Waals surface area contributed by atoms with Crippen molar-refractivity contribution in [2.75, 3.05) is 0 Å². The van der Waals surface area contributed by atoms with Crippen LogP contribution in [0.2, 0.25) is 0 Å².